The number of anilines is 1. The van der Waals surface area contributed by atoms with E-state index < -0.39 is 17.6 Å². The van der Waals surface area contributed by atoms with Gasteiger partial charge in [-0.3, -0.25) is 15.0 Å². The Hall–Kier alpha value is -4.00. The second-order valence-electron chi connectivity index (χ2n) is 6.57. The molecule has 0 aliphatic carbocycles. The van der Waals surface area contributed by atoms with E-state index in [1.807, 2.05) is 0 Å². The summed E-state index contributed by atoms with van der Waals surface area (Å²) in [7, 11) is 0. The van der Waals surface area contributed by atoms with E-state index in [2.05, 4.69) is 5.43 Å². The molecular formula is C23H16F2N2O3. The van der Waals surface area contributed by atoms with Crippen LogP contribution in [-0.2, 0) is 16.2 Å². The highest BCUT2D eigenvalue weighted by molar-refractivity contribution is 6.31. The number of hydrogen-bond acceptors (Lipinski definition) is 3. The van der Waals surface area contributed by atoms with Crippen LogP contribution in [0.1, 0.15) is 11.1 Å². The first-order chi connectivity index (χ1) is 14.5. The lowest BCUT2D eigenvalue weighted by Crippen LogP contribution is -2.35. The highest BCUT2D eigenvalue weighted by Crippen LogP contribution is 2.23. The van der Waals surface area contributed by atoms with E-state index >= 15 is 0 Å². The summed E-state index contributed by atoms with van der Waals surface area (Å²) in [5.41, 5.74) is 3.73. The maximum atomic E-state index is 13.7. The van der Waals surface area contributed by atoms with Gasteiger partial charge >= 0.3 is 0 Å². The first-order valence-electron chi connectivity index (χ1n) is 9.10. The Bertz CT molecular complexity index is 1140. The van der Waals surface area contributed by atoms with Gasteiger partial charge in [-0.15, -0.1) is 0 Å². The topological polar surface area (TPSA) is 58.6 Å². The van der Waals surface area contributed by atoms with Crippen LogP contribution in [-0.4, -0.2) is 11.8 Å². The number of rotatable bonds is 5. The molecule has 0 saturated carbocycles. The van der Waals surface area contributed by atoms with E-state index in [0.29, 0.717) is 22.6 Å². The van der Waals surface area contributed by atoms with Crippen molar-refractivity contribution in [1.82, 2.24) is 5.43 Å². The molecule has 1 fully saturated rings. The van der Waals surface area contributed by atoms with Gasteiger partial charge in [0.2, 0.25) is 0 Å². The Balaban J connectivity index is 1.52. The van der Waals surface area contributed by atoms with E-state index in [1.165, 1.54) is 36.4 Å². The molecule has 0 unspecified atom stereocenters. The maximum Gasteiger partial charge on any atom is 0.282 e. The molecule has 1 saturated heterocycles. The molecule has 7 heteroatoms. The van der Waals surface area contributed by atoms with Crippen molar-refractivity contribution >= 4 is 23.6 Å². The highest BCUT2D eigenvalue weighted by atomic mass is 19.1. The van der Waals surface area contributed by atoms with Crippen molar-refractivity contribution in [2.24, 2.45) is 0 Å². The lowest BCUT2D eigenvalue weighted by molar-refractivity contribution is -0.117. The fourth-order valence-corrected chi connectivity index (χ4v) is 2.97. The second-order valence-corrected chi connectivity index (χ2v) is 6.57. The summed E-state index contributed by atoms with van der Waals surface area (Å²) in [5, 5.41) is 1.06. The van der Waals surface area contributed by atoms with Crippen molar-refractivity contribution in [2.45, 2.75) is 6.61 Å². The van der Waals surface area contributed by atoms with Crippen LogP contribution in [0.3, 0.4) is 0 Å². The number of carbonyl (C=O) groups excluding carboxylic acids is 2. The van der Waals surface area contributed by atoms with Crippen molar-refractivity contribution in [3.63, 3.8) is 0 Å². The molecule has 1 aliphatic rings. The molecule has 0 radical (unpaired) electrons. The molecule has 3 aromatic rings. The lowest BCUT2D eigenvalue weighted by Gasteiger charge is -2.14. The minimum Gasteiger partial charge on any atom is -0.489 e. The smallest absolute Gasteiger partial charge is 0.282 e. The summed E-state index contributed by atoms with van der Waals surface area (Å²) in [4.78, 5) is 24.9. The minimum atomic E-state index is -0.568. The first-order valence-corrected chi connectivity index (χ1v) is 9.10. The van der Waals surface area contributed by atoms with Crippen LogP contribution in [0, 0.1) is 11.6 Å². The summed E-state index contributed by atoms with van der Waals surface area (Å²) in [6.07, 6.45) is 1.44. The number of carbonyl (C=O) groups is 2. The number of halogens is 2. The van der Waals surface area contributed by atoms with Gasteiger partial charge in [-0.05, 0) is 54.1 Å². The number of nitrogens with one attached hydrogen (secondary N) is 1. The van der Waals surface area contributed by atoms with Gasteiger partial charge in [0.25, 0.3) is 11.8 Å². The molecule has 2 amide bonds. The van der Waals surface area contributed by atoms with Gasteiger partial charge in [0.05, 0.1) is 5.69 Å². The van der Waals surface area contributed by atoms with E-state index in [-0.39, 0.29) is 18.0 Å². The van der Waals surface area contributed by atoms with Crippen LogP contribution in [0.15, 0.2) is 78.4 Å². The van der Waals surface area contributed by atoms with Crippen molar-refractivity contribution < 1.29 is 23.1 Å². The number of nitrogens with zero attached hydrogens (tertiary/aromatic N) is 1. The van der Waals surface area contributed by atoms with Crippen molar-refractivity contribution in [3.05, 3.63) is 101 Å². The van der Waals surface area contributed by atoms with Gasteiger partial charge < -0.3 is 4.74 Å². The zero-order valence-electron chi connectivity index (χ0n) is 15.6. The quantitative estimate of drug-likeness (QED) is 0.515. The Kier molecular flexibility index (Phi) is 5.26. The molecule has 0 bridgehead atoms. The van der Waals surface area contributed by atoms with Crippen LogP contribution < -0.4 is 15.2 Å². The normalized spacial score (nSPS) is 14.9. The molecule has 1 N–H and O–H groups in total. The number of ether oxygens (including phenoxy) is 1. The van der Waals surface area contributed by atoms with E-state index in [1.54, 1.807) is 42.5 Å². The summed E-state index contributed by atoms with van der Waals surface area (Å²) in [6, 6.07) is 18.3. The van der Waals surface area contributed by atoms with Gasteiger partial charge in [0.15, 0.2) is 0 Å². The predicted octanol–water partition coefficient (Wildman–Crippen LogP) is 4.01. The zero-order valence-corrected chi connectivity index (χ0v) is 15.6. The molecule has 3 aromatic carbocycles. The average Bonchev–Trinajstić information content (AvgIpc) is 3.02. The van der Waals surface area contributed by atoms with E-state index in [9.17, 15) is 18.4 Å². The highest BCUT2D eigenvalue weighted by Gasteiger charge is 2.34. The molecule has 1 heterocycles. The number of hydrazine groups is 1. The largest absolute Gasteiger partial charge is 0.489 e. The van der Waals surface area contributed by atoms with E-state index in [0.717, 1.165) is 5.01 Å². The SMILES string of the molecule is O=C1NN(c2ccc(F)cc2)C(=O)/C1=C\c1cccc(OCc2ccccc2F)c1. The summed E-state index contributed by atoms with van der Waals surface area (Å²) in [5.74, 6) is -1.45. The molecule has 0 spiro atoms. The van der Waals surface area contributed by atoms with Crippen LogP contribution in [0.4, 0.5) is 14.5 Å². The molecule has 4 rings (SSSR count). The molecule has 0 atom stereocenters. The van der Waals surface area contributed by atoms with E-state index in [4.69, 9.17) is 4.74 Å². The maximum absolute atomic E-state index is 13.7. The summed E-state index contributed by atoms with van der Waals surface area (Å²) < 4.78 is 32.5. The predicted molar refractivity (Wildman–Crippen MR) is 107 cm³/mol. The van der Waals surface area contributed by atoms with Crippen molar-refractivity contribution in [2.75, 3.05) is 5.01 Å². The Labute approximate surface area is 171 Å². The molecule has 30 heavy (non-hydrogen) atoms. The minimum absolute atomic E-state index is 0.0461. The van der Waals surface area contributed by atoms with Crippen LogP contribution in [0.2, 0.25) is 0 Å². The van der Waals surface area contributed by atoms with Gasteiger partial charge in [-0.25, -0.2) is 13.8 Å². The summed E-state index contributed by atoms with van der Waals surface area (Å²) in [6.45, 7) is 0.0461. The number of benzene rings is 3. The summed E-state index contributed by atoms with van der Waals surface area (Å²) >= 11 is 0. The van der Waals surface area contributed by atoms with Gasteiger partial charge in [0, 0.05) is 5.56 Å². The average molecular weight is 406 g/mol. The van der Waals surface area contributed by atoms with Gasteiger partial charge in [0.1, 0.15) is 29.6 Å². The Morgan fingerprint density at radius 2 is 1.70 bits per heavy atom. The van der Waals surface area contributed by atoms with Crippen molar-refractivity contribution in [3.8, 4) is 5.75 Å². The second kappa shape index (κ2) is 8.16. The fraction of sp³-hybridized carbons (Fsp3) is 0.0435. The molecule has 0 aromatic heterocycles. The third-order valence-electron chi connectivity index (χ3n) is 4.50. The third-order valence-corrected chi connectivity index (χ3v) is 4.50. The molecule has 150 valence electrons. The number of amides is 2. The standard InChI is InChI=1S/C23H16F2N2O3/c24-17-8-10-18(11-9-17)27-23(29)20(22(28)26-27)13-15-4-3-6-19(12-15)30-14-16-5-1-2-7-21(16)25/h1-13H,14H2,(H,26,28)/b20-13-. The Morgan fingerprint density at radius 1 is 0.933 bits per heavy atom. The van der Waals surface area contributed by atoms with Crippen LogP contribution in [0.25, 0.3) is 6.08 Å². The van der Waals surface area contributed by atoms with Gasteiger partial charge in [-0.1, -0.05) is 30.3 Å². The van der Waals surface area contributed by atoms with Crippen LogP contribution >= 0.6 is 0 Å². The zero-order chi connectivity index (χ0) is 21.1. The lowest BCUT2D eigenvalue weighted by atomic mass is 10.1. The molecular weight excluding hydrogens is 390 g/mol. The molecule has 5 nitrogen and oxygen atoms in total. The first kappa shape index (κ1) is 19.3. The monoisotopic (exact) mass is 406 g/mol. The Morgan fingerprint density at radius 3 is 2.47 bits per heavy atom. The van der Waals surface area contributed by atoms with Gasteiger partial charge in [-0.2, -0.15) is 0 Å². The third kappa shape index (κ3) is 4.05. The van der Waals surface area contributed by atoms with Crippen molar-refractivity contribution in [1.29, 1.82) is 0 Å². The molecule has 1 aliphatic heterocycles. The van der Waals surface area contributed by atoms with Crippen LogP contribution in [0.5, 0.6) is 5.75 Å². The fourth-order valence-electron chi connectivity index (χ4n) is 2.97. The number of hydrogen-bond donors (Lipinski definition) is 1.